The summed E-state index contributed by atoms with van der Waals surface area (Å²) < 4.78 is 0. The van der Waals surface area contributed by atoms with Gasteiger partial charge in [-0.3, -0.25) is 0 Å². The van der Waals surface area contributed by atoms with E-state index >= 15 is 0 Å². The minimum atomic E-state index is 0.250. The first-order chi connectivity index (χ1) is 8.24. The average Bonchev–Trinajstić information content (AvgIpc) is 2.78. The van der Waals surface area contributed by atoms with Crippen LogP contribution in [0.25, 0.3) is 0 Å². The number of hydrogen-bond acceptors (Lipinski definition) is 3. The predicted octanol–water partition coefficient (Wildman–Crippen LogP) is 2.42. The summed E-state index contributed by atoms with van der Waals surface area (Å²) in [4.78, 5) is 2.23. The van der Waals surface area contributed by atoms with Gasteiger partial charge in [-0.05, 0) is 37.0 Å². The minimum Gasteiger partial charge on any atom is -0.396 e. The molecule has 90 valence electrons. The van der Waals surface area contributed by atoms with E-state index < -0.39 is 0 Å². The molecule has 1 aliphatic heterocycles. The Labute approximate surface area is 106 Å². The van der Waals surface area contributed by atoms with Crippen molar-refractivity contribution in [3.05, 3.63) is 28.8 Å². The molecule has 1 aliphatic rings. The second kappa shape index (κ2) is 5.39. The van der Waals surface area contributed by atoms with Gasteiger partial charge in [-0.1, -0.05) is 11.6 Å². The van der Waals surface area contributed by atoms with Gasteiger partial charge in [0.1, 0.15) is 0 Å². The maximum Gasteiger partial charge on any atom is 0.0992 e. The molecule has 1 aromatic carbocycles. The zero-order chi connectivity index (χ0) is 12.3. The van der Waals surface area contributed by atoms with Gasteiger partial charge < -0.3 is 10.0 Å². The van der Waals surface area contributed by atoms with Gasteiger partial charge >= 0.3 is 0 Å². The second-order valence-corrected chi connectivity index (χ2v) is 4.80. The number of halogens is 1. The summed E-state index contributed by atoms with van der Waals surface area (Å²) in [6, 6.07) is 7.48. The molecule has 1 saturated heterocycles. The van der Waals surface area contributed by atoms with E-state index in [-0.39, 0.29) is 6.61 Å². The summed E-state index contributed by atoms with van der Waals surface area (Å²) in [6.45, 7) is 2.15. The quantitative estimate of drug-likeness (QED) is 0.896. The molecule has 3 nitrogen and oxygen atoms in total. The van der Waals surface area contributed by atoms with Crippen LogP contribution in [-0.2, 0) is 0 Å². The van der Waals surface area contributed by atoms with Crippen molar-refractivity contribution in [2.24, 2.45) is 5.92 Å². The molecule has 0 radical (unpaired) electrons. The highest BCUT2D eigenvalue weighted by Gasteiger charge is 2.23. The molecule has 0 aromatic heterocycles. The topological polar surface area (TPSA) is 47.3 Å². The van der Waals surface area contributed by atoms with Crippen LogP contribution in [0.4, 0.5) is 5.69 Å². The highest BCUT2D eigenvalue weighted by Crippen LogP contribution is 2.31. The lowest BCUT2D eigenvalue weighted by Gasteiger charge is -2.20. The van der Waals surface area contributed by atoms with Crippen molar-refractivity contribution >= 4 is 17.3 Å². The fraction of sp³-hybridized carbons (Fsp3) is 0.462. The van der Waals surface area contributed by atoms with E-state index in [1.165, 1.54) is 0 Å². The summed E-state index contributed by atoms with van der Waals surface area (Å²) in [5, 5.41) is 18.3. The zero-order valence-corrected chi connectivity index (χ0v) is 10.3. The Morgan fingerprint density at radius 3 is 3.00 bits per heavy atom. The Balaban J connectivity index is 2.11. The molecule has 1 heterocycles. The molecule has 1 atom stereocenters. The van der Waals surface area contributed by atoms with Crippen LogP contribution in [-0.4, -0.2) is 24.8 Å². The van der Waals surface area contributed by atoms with Gasteiger partial charge in [-0.15, -0.1) is 0 Å². The number of aliphatic hydroxyl groups is 1. The lowest BCUT2D eigenvalue weighted by molar-refractivity contribution is 0.263. The Morgan fingerprint density at radius 1 is 1.53 bits per heavy atom. The van der Waals surface area contributed by atoms with E-state index in [0.717, 1.165) is 31.6 Å². The van der Waals surface area contributed by atoms with Crippen LogP contribution < -0.4 is 4.90 Å². The number of rotatable bonds is 3. The van der Waals surface area contributed by atoms with Crippen LogP contribution in [0.15, 0.2) is 18.2 Å². The van der Waals surface area contributed by atoms with Crippen LogP contribution in [0, 0.1) is 17.2 Å². The smallest absolute Gasteiger partial charge is 0.0992 e. The van der Waals surface area contributed by atoms with Crippen LogP contribution in [0.5, 0.6) is 0 Å². The Hall–Kier alpha value is -1.24. The monoisotopic (exact) mass is 250 g/mol. The third-order valence-corrected chi connectivity index (χ3v) is 3.54. The number of anilines is 1. The number of nitriles is 1. The molecule has 0 amide bonds. The van der Waals surface area contributed by atoms with Gasteiger partial charge in [0.15, 0.2) is 0 Å². The van der Waals surface area contributed by atoms with Crippen LogP contribution in [0.1, 0.15) is 18.4 Å². The van der Waals surface area contributed by atoms with E-state index in [9.17, 15) is 0 Å². The van der Waals surface area contributed by atoms with E-state index in [2.05, 4.69) is 11.0 Å². The molecule has 1 fully saturated rings. The molecule has 0 aliphatic carbocycles. The molecule has 4 heteroatoms. The number of nitrogens with zero attached hydrogens (tertiary/aromatic N) is 2. The van der Waals surface area contributed by atoms with Gasteiger partial charge in [0.05, 0.1) is 22.3 Å². The molecule has 0 bridgehead atoms. The number of aliphatic hydroxyl groups excluding tert-OH is 1. The average molecular weight is 251 g/mol. The molecular formula is C13H15ClN2O. The zero-order valence-electron chi connectivity index (χ0n) is 9.56. The molecular weight excluding hydrogens is 236 g/mol. The highest BCUT2D eigenvalue weighted by atomic mass is 35.5. The van der Waals surface area contributed by atoms with Crippen molar-refractivity contribution in [3.8, 4) is 6.07 Å². The van der Waals surface area contributed by atoms with Gasteiger partial charge in [-0.25, -0.2) is 0 Å². The molecule has 0 spiro atoms. The summed E-state index contributed by atoms with van der Waals surface area (Å²) in [5.74, 6) is 0.548. The lowest BCUT2D eigenvalue weighted by atomic mass is 10.1. The van der Waals surface area contributed by atoms with Gasteiger partial charge in [0, 0.05) is 19.7 Å². The Bertz CT molecular complexity index is 442. The van der Waals surface area contributed by atoms with Crippen molar-refractivity contribution < 1.29 is 5.11 Å². The fourth-order valence-electron chi connectivity index (χ4n) is 2.30. The molecule has 2 rings (SSSR count). The third-order valence-electron chi connectivity index (χ3n) is 3.24. The van der Waals surface area contributed by atoms with Gasteiger partial charge in [0.25, 0.3) is 0 Å². The predicted molar refractivity (Wildman–Crippen MR) is 68.2 cm³/mol. The maximum absolute atomic E-state index is 8.93. The highest BCUT2D eigenvalue weighted by molar-refractivity contribution is 6.33. The Morgan fingerprint density at radius 2 is 2.35 bits per heavy atom. The second-order valence-electron chi connectivity index (χ2n) is 4.39. The SMILES string of the molecule is N#Cc1ccc(N2CCC(CCO)C2)c(Cl)c1. The number of hydrogen-bond donors (Lipinski definition) is 1. The maximum atomic E-state index is 8.93. The number of benzene rings is 1. The van der Waals surface area contributed by atoms with Crippen LogP contribution in [0.3, 0.4) is 0 Å². The van der Waals surface area contributed by atoms with E-state index in [1.54, 1.807) is 12.1 Å². The molecule has 1 aromatic rings. The van der Waals surface area contributed by atoms with Crippen molar-refractivity contribution in [3.63, 3.8) is 0 Å². The van der Waals surface area contributed by atoms with E-state index in [4.69, 9.17) is 22.0 Å². The molecule has 1 N–H and O–H groups in total. The molecule has 0 saturated carbocycles. The fourth-order valence-corrected chi connectivity index (χ4v) is 2.60. The Kier molecular flexibility index (Phi) is 3.88. The van der Waals surface area contributed by atoms with Crippen molar-refractivity contribution in [2.45, 2.75) is 12.8 Å². The van der Waals surface area contributed by atoms with E-state index in [1.807, 2.05) is 6.07 Å². The first-order valence-corrected chi connectivity index (χ1v) is 6.18. The normalized spacial score (nSPS) is 19.4. The van der Waals surface area contributed by atoms with Crippen LogP contribution in [0.2, 0.25) is 5.02 Å². The van der Waals surface area contributed by atoms with Crippen molar-refractivity contribution in [1.82, 2.24) is 0 Å². The lowest BCUT2D eigenvalue weighted by Crippen LogP contribution is -2.20. The summed E-state index contributed by atoms with van der Waals surface area (Å²) >= 11 is 6.17. The summed E-state index contributed by atoms with van der Waals surface area (Å²) in [5.41, 5.74) is 1.58. The minimum absolute atomic E-state index is 0.250. The third kappa shape index (κ3) is 2.71. The summed E-state index contributed by atoms with van der Waals surface area (Å²) in [7, 11) is 0. The summed E-state index contributed by atoms with van der Waals surface area (Å²) in [6.07, 6.45) is 1.95. The van der Waals surface area contributed by atoms with Gasteiger partial charge in [-0.2, -0.15) is 5.26 Å². The van der Waals surface area contributed by atoms with Crippen molar-refractivity contribution in [2.75, 3.05) is 24.6 Å². The first-order valence-electron chi connectivity index (χ1n) is 5.80. The molecule has 17 heavy (non-hydrogen) atoms. The largest absolute Gasteiger partial charge is 0.396 e. The standard InChI is InChI=1S/C13H15ClN2O/c14-12-7-11(8-15)1-2-13(12)16-5-3-10(9-16)4-6-17/h1-2,7,10,17H,3-6,9H2. The van der Waals surface area contributed by atoms with E-state index in [0.29, 0.717) is 16.5 Å². The first kappa shape index (κ1) is 12.2. The van der Waals surface area contributed by atoms with Crippen LogP contribution >= 0.6 is 11.6 Å². The molecule has 1 unspecified atom stereocenters. The van der Waals surface area contributed by atoms with Gasteiger partial charge in [0.2, 0.25) is 0 Å². The van der Waals surface area contributed by atoms with Crippen molar-refractivity contribution in [1.29, 1.82) is 5.26 Å².